The van der Waals surface area contributed by atoms with Crippen molar-refractivity contribution in [2.45, 2.75) is 13.0 Å². The van der Waals surface area contributed by atoms with E-state index in [0.29, 0.717) is 0 Å². The van der Waals surface area contributed by atoms with E-state index < -0.39 is 11.6 Å². The molecule has 0 spiro atoms. The fourth-order valence-corrected chi connectivity index (χ4v) is 1.90. The lowest BCUT2D eigenvalue weighted by Gasteiger charge is -2.10. The maximum atomic E-state index is 13.8. The minimum Gasteiger partial charge on any atom is -0.324 e. The second kappa shape index (κ2) is 5.04. The first-order valence-corrected chi connectivity index (χ1v) is 5.87. The molecule has 0 saturated heterocycles. The van der Waals surface area contributed by atoms with Gasteiger partial charge in [-0.1, -0.05) is 17.7 Å². The number of nitrogens with two attached hydrogens (primary N) is 1. The predicted octanol–water partition coefficient (Wildman–Crippen LogP) is 4.30. The van der Waals surface area contributed by atoms with Crippen LogP contribution in [0.15, 0.2) is 36.4 Å². The van der Waals surface area contributed by atoms with Gasteiger partial charge in [-0.3, -0.25) is 0 Å². The molecule has 0 aliphatic carbocycles. The molecule has 0 saturated carbocycles. The van der Waals surface area contributed by atoms with Crippen molar-refractivity contribution in [3.8, 4) is 11.1 Å². The highest BCUT2D eigenvalue weighted by atomic mass is 35.5. The van der Waals surface area contributed by atoms with Crippen LogP contribution in [0.2, 0.25) is 5.02 Å². The quantitative estimate of drug-likeness (QED) is 0.862. The van der Waals surface area contributed by atoms with Gasteiger partial charge >= 0.3 is 0 Å². The Bertz CT molecular complexity index is 582. The van der Waals surface area contributed by atoms with Crippen LogP contribution < -0.4 is 5.73 Å². The molecule has 0 bridgehead atoms. The predicted molar refractivity (Wildman–Crippen MR) is 69.4 cm³/mol. The summed E-state index contributed by atoms with van der Waals surface area (Å²) in [7, 11) is 0. The average Bonchev–Trinajstić information content (AvgIpc) is 2.30. The van der Waals surface area contributed by atoms with Crippen LogP contribution in [-0.2, 0) is 0 Å². The second-order valence-electron chi connectivity index (χ2n) is 4.15. The monoisotopic (exact) mass is 267 g/mol. The average molecular weight is 268 g/mol. The Labute approximate surface area is 109 Å². The molecule has 0 fully saturated rings. The largest absolute Gasteiger partial charge is 0.324 e. The summed E-state index contributed by atoms with van der Waals surface area (Å²) in [4.78, 5) is 0. The van der Waals surface area contributed by atoms with Gasteiger partial charge in [0.1, 0.15) is 11.6 Å². The molecule has 0 aromatic heterocycles. The van der Waals surface area contributed by atoms with Crippen LogP contribution in [0.3, 0.4) is 0 Å². The van der Waals surface area contributed by atoms with E-state index in [1.807, 2.05) is 0 Å². The molecule has 4 heteroatoms. The van der Waals surface area contributed by atoms with Crippen molar-refractivity contribution in [2.24, 2.45) is 5.73 Å². The molecule has 2 aromatic carbocycles. The molecular weight excluding hydrogens is 256 g/mol. The van der Waals surface area contributed by atoms with Crippen molar-refractivity contribution in [1.29, 1.82) is 0 Å². The van der Waals surface area contributed by atoms with Gasteiger partial charge in [0.2, 0.25) is 0 Å². The summed E-state index contributed by atoms with van der Waals surface area (Å²) in [6.07, 6.45) is 0. The van der Waals surface area contributed by atoms with Crippen molar-refractivity contribution in [3.05, 3.63) is 58.6 Å². The van der Waals surface area contributed by atoms with Crippen LogP contribution in [0.5, 0.6) is 0 Å². The Morgan fingerprint density at radius 1 is 1.00 bits per heavy atom. The van der Waals surface area contributed by atoms with Crippen LogP contribution in [0.4, 0.5) is 8.78 Å². The van der Waals surface area contributed by atoms with E-state index in [4.69, 9.17) is 17.3 Å². The van der Waals surface area contributed by atoms with Gasteiger partial charge in [-0.2, -0.15) is 0 Å². The summed E-state index contributed by atoms with van der Waals surface area (Å²) < 4.78 is 27.5. The lowest BCUT2D eigenvalue weighted by molar-refractivity contribution is 0.615. The van der Waals surface area contributed by atoms with Gasteiger partial charge in [0.15, 0.2) is 0 Å². The third-order valence-electron chi connectivity index (χ3n) is 2.74. The molecule has 18 heavy (non-hydrogen) atoms. The number of halogens is 3. The van der Waals surface area contributed by atoms with Gasteiger partial charge < -0.3 is 5.73 Å². The lowest BCUT2D eigenvalue weighted by Crippen LogP contribution is -2.05. The molecule has 2 aromatic rings. The zero-order valence-corrected chi connectivity index (χ0v) is 10.5. The van der Waals surface area contributed by atoms with Gasteiger partial charge in [-0.05, 0) is 42.8 Å². The Morgan fingerprint density at radius 3 is 2.33 bits per heavy atom. The minimum absolute atomic E-state index is 0.180. The van der Waals surface area contributed by atoms with Crippen LogP contribution in [-0.4, -0.2) is 0 Å². The highest BCUT2D eigenvalue weighted by Gasteiger charge is 2.12. The zero-order chi connectivity index (χ0) is 13.3. The second-order valence-corrected chi connectivity index (χ2v) is 4.59. The first-order valence-electron chi connectivity index (χ1n) is 5.49. The smallest absolute Gasteiger partial charge is 0.132 e. The normalized spacial score (nSPS) is 12.5. The fourth-order valence-electron chi connectivity index (χ4n) is 1.74. The summed E-state index contributed by atoms with van der Waals surface area (Å²) in [6, 6.07) is 8.36. The van der Waals surface area contributed by atoms with Crippen LogP contribution in [0, 0.1) is 11.6 Å². The first kappa shape index (κ1) is 13.0. The lowest BCUT2D eigenvalue weighted by atomic mass is 9.99. The molecule has 2 rings (SSSR count). The van der Waals surface area contributed by atoms with Crippen molar-refractivity contribution < 1.29 is 8.78 Å². The summed E-state index contributed by atoms with van der Waals surface area (Å²) in [5, 5.41) is 0.278. The topological polar surface area (TPSA) is 26.0 Å². The Balaban J connectivity index is 2.59. The molecule has 0 radical (unpaired) electrons. The van der Waals surface area contributed by atoms with Crippen molar-refractivity contribution in [2.75, 3.05) is 0 Å². The van der Waals surface area contributed by atoms with E-state index in [1.54, 1.807) is 19.1 Å². The molecule has 0 aliphatic heterocycles. The minimum atomic E-state index is -0.553. The van der Waals surface area contributed by atoms with Crippen LogP contribution in [0.1, 0.15) is 18.5 Å². The molecule has 1 atom stereocenters. The van der Waals surface area contributed by atoms with E-state index in [2.05, 4.69) is 0 Å². The van der Waals surface area contributed by atoms with E-state index in [-0.39, 0.29) is 22.2 Å². The molecule has 0 aliphatic rings. The Hall–Kier alpha value is -1.45. The van der Waals surface area contributed by atoms with Crippen molar-refractivity contribution >= 4 is 11.6 Å². The first-order chi connectivity index (χ1) is 8.49. The molecule has 1 unspecified atom stereocenters. The van der Waals surface area contributed by atoms with E-state index >= 15 is 0 Å². The van der Waals surface area contributed by atoms with Crippen molar-refractivity contribution in [3.63, 3.8) is 0 Å². The number of hydrogen-bond acceptors (Lipinski definition) is 1. The van der Waals surface area contributed by atoms with Gasteiger partial charge in [-0.15, -0.1) is 0 Å². The molecule has 1 nitrogen and oxygen atoms in total. The highest BCUT2D eigenvalue weighted by molar-refractivity contribution is 6.30. The molecule has 0 amide bonds. The maximum Gasteiger partial charge on any atom is 0.132 e. The summed E-state index contributed by atoms with van der Waals surface area (Å²) in [5.41, 5.74) is 6.86. The zero-order valence-electron chi connectivity index (χ0n) is 9.75. The standard InChI is InChI=1S/C14H12ClF2N/c1-8(18)9-2-5-13(16)12(6-9)11-4-3-10(15)7-14(11)17/h2-8H,18H2,1H3. The molecule has 94 valence electrons. The molecule has 2 N–H and O–H groups in total. The third-order valence-corrected chi connectivity index (χ3v) is 2.97. The fraction of sp³-hybridized carbons (Fsp3) is 0.143. The highest BCUT2D eigenvalue weighted by Crippen LogP contribution is 2.29. The van der Waals surface area contributed by atoms with Crippen LogP contribution in [0.25, 0.3) is 11.1 Å². The van der Waals surface area contributed by atoms with Gasteiger partial charge in [0, 0.05) is 22.2 Å². The molecular formula is C14H12ClF2N. The summed E-state index contributed by atoms with van der Waals surface area (Å²) in [5.74, 6) is -1.04. The van der Waals surface area contributed by atoms with Gasteiger partial charge in [0.25, 0.3) is 0 Å². The van der Waals surface area contributed by atoms with Crippen molar-refractivity contribution in [1.82, 2.24) is 0 Å². The summed E-state index contributed by atoms with van der Waals surface area (Å²) >= 11 is 5.67. The van der Waals surface area contributed by atoms with E-state index in [1.165, 1.54) is 18.2 Å². The number of benzene rings is 2. The Kier molecular flexibility index (Phi) is 3.64. The number of hydrogen-bond donors (Lipinski definition) is 1. The SMILES string of the molecule is CC(N)c1ccc(F)c(-c2ccc(Cl)cc2F)c1. The van der Waals surface area contributed by atoms with Gasteiger partial charge in [-0.25, -0.2) is 8.78 Å². The maximum absolute atomic E-state index is 13.8. The number of rotatable bonds is 2. The van der Waals surface area contributed by atoms with E-state index in [9.17, 15) is 8.78 Å². The summed E-state index contributed by atoms with van der Waals surface area (Å²) in [6.45, 7) is 1.79. The van der Waals surface area contributed by atoms with E-state index in [0.717, 1.165) is 11.6 Å². The van der Waals surface area contributed by atoms with Gasteiger partial charge in [0.05, 0.1) is 0 Å². The molecule has 0 heterocycles. The Morgan fingerprint density at radius 2 is 1.72 bits per heavy atom. The van der Waals surface area contributed by atoms with Crippen LogP contribution >= 0.6 is 11.6 Å². The third kappa shape index (κ3) is 2.52.